The average molecular weight is 430 g/mol. The fraction of sp³-hybridized carbons (Fsp3) is 0.105. The van der Waals surface area contributed by atoms with Crippen LogP contribution in [0, 0.1) is 0 Å². The van der Waals surface area contributed by atoms with E-state index in [0.29, 0.717) is 12.4 Å². The topological polar surface area (TPSA) is 140 Å². The monoisotopic (exact) mass is 430 g/mol. The lowest BCUT2D eigenvalue weighted by molar-refractivity contribution is 0.0841. The summed E-state index contributed by atoms with van der Waals surface area (Å²) < 4.78 is 37.2. The highest BCUT2D eigenvalue weighted by molar-refractivity contribution is 7.92. The fourth-order valence-electron chi connectivity index (χ4n) is 2.36. The molecular formula is C19H18N4O6S. The van der Waals surface area contributed by atoms with E-state index in [9.17, 15) is 18.0 Å². The molecule has 0 saturated heterocycles. The zero-order valence-electron chi connectivity index (χ0n) is 15.8. The third-order valence-corrected chi connectivity index (χ3v) is 5.20. The van der Waals surface area contributed by atoms with Gasteiger partial charge in [-0.2, -0.15) is 0 Å². The number of rotatable bonds is 7. The zero-order valence-corrected chi connectivity index (χ0v) is 16.6. The van der Waals surface area contributed by atoms with Crippen LogP contribution in [0.15, 0.2) is 70.3 Å². The number of hydrogen-bond donors (Lipinski definition) is 3. The van der Waals surface area contributed by atoms with Crippen molar-refractivity contribution in [1.29, 1.82) is 0 Å². The number of anilines is 1. The molecule has 3 aromatic rings. The smallest absolute Gasteiger partial charge is 0.291 e. The van der Waals surface area contributed by atoms with Gasteiger partial charge in [-0.05, 0) is 55.5 Å². The molecule has 0 aliphatic heterocycles. The van der Waals surface area contributed by atoms with Crippen LogP contribution in [-0.2, 0) is 10.0 Å². The summed E-state index contributed by atoms with van der Waals surface area (Å²) in [5.74, 6) is -0.660. The average Bonchev–Trinajstić information content (AvgIpc) is 3.28. The van der Waals surface area contributed by atoms with Gasteiger partial charge in [0.25, 0.3) is 21.8 Å². The molecule has 0 aliphatic carbocycles. The Morgan fingerprint density at radius 3 is 2.23 bits per heavy atom. The summed E-state index contributed by atoms with van der Waals surface area (Å²) in [5.41, 5.74) is 4.90. The van der Waals surface area contributed by atoms with Gasteiger partial charge in [-0.1, -0.05) is 5.16 Å². The molecule has 0 fully saturated rings. The molecule has 11 heteroatoms. The number of sulfonamides is 1. The second-order valence-electron chi connectivity index (χ2n) is 5.88. The number of nitrogens with one attached hydrogen (secondary N) is 3. The Bertz CT molecular complexity index is 1110. The third-order valence-electron chi connectivity index (χ3n) is 3.80. The predicted octanol–water partition coefficient (Wildman–Crippen LogP) is 1.95. The summed E-state index contributed by atoms with van der Waals surface area (Å²) >= 11 is 0. The fourth-order valence-corrected chi connectivity index (χ4v) is 3.42. The molecule has 3 rings (SSSR count). The van der Waals surface area contributed by atoms with E-state index in [1.165, 1.54) is 48.7 Å². The second-order valence-corrected chi connectivity index (χ2v) is 7.56. The number of amides is 2. The van der Waals surface area contributed by atoms with Crippen LogP contribution >= 0.6 is 0 Å². The molecular weight excluding hydrogens is 412 g/mol. The Hall–Kier alpha value is -3.86. The van der Waals surface area contributed by atoms with E-state index < -0.39 is 21.8 Å². The zero-order chi connectivity index (χ0) is 21.6. The van der Waals surface area contributed by atoms with Gasteiger partial charge < -0.3 is 9.26 Å². The third kappa shape index (κ3) is 5.14. The van der Waals surface area contributed by atoms with E-state index in [2.05, 4.69) is 25.3 Å². The van der Waals surface area contributed by atoms with Crippen molar-refractivity contribution in [1.82, 2.24) is 16.0 Å². The summed E-state index contributed by atoms with van der Waals surface area (Å²) in [7, 11) is -3.80. The molecule has 1 heterocycles. The van der Waals surface area contributed by atoms with Crippen molar-refractivity contribution in [2.45, 2.75) is 11.8 Å². The van der Waals surface area contributed by atoms with Gasteiger partial charge in [-0.15, -0.1) is 0 Å². The maximum Gasteiger partial charge on any atom is 0.291 e. The highest BCUT2D eigenvalue weighted by atomic mass is 32.2. The molecule has 30 heavy (non-hydrogen) atoms. The highest BCUT2D eigenvalue weighted by Gasteiger charge is 2.15. The van der Waals surface area contributed by atoms with Gasteiger partial charge in [-0.3, -0.25) is 25.2 Å². The minimum Gasteiger partial charge on any atom is -0.494 e. The number of nitrogens with zero attached hydrogens (tertiary/aromatic N) is 1. The maximum absolute atomic E-state index is 12.5. The molecule has 2 aromatic carbocycles. The van der Waals surface area contributed by atoms with Crippen molar-refractivity contribution in [3.05, 3.63) is 72.1 Å². The molecule has 0 bridgehead atoms. The summed E-state index contributed by atoms with van der Waals surface area (Å²) in [6.07, 6.45) is 1.23. The Morgan fingerprint density at radius 2 is 1.63 bits per heavy atom. The number of benzene rings is 2. The van der Waals surface area contributed by atoms with Gasteiger partial charge in [-0.25, -0.2) is 8.42 Å². The van der Waals surface area contributed by atoms with E-state index in [4.69, 9.17) is 4.74 Å². The van der Waals surface area contributed by atoms with E-state index in [0.717, 1.165) is 0 Å². The molecule has 0 unspecified atom stereocenters. The molecule has 1 aromatic heterocycles. The van der Waals surface area contributed by atoms with Crippen molar-refractivity contribution in [3.8, 4) is 5.75 Å². The van der Waals surface area contributed by atoms with Crippen LogP contribution in [0.5, 0.6) is 5.75 Å². The van der Waals surface area contributed by atoms with E-state index in [1.807, 2.05) is 6.92 Å². The number of hydrazine groups is 1. The molecule has 3 N–H and O–H groups in total. The molecule has 0 atom stereocenters. The van der Waals surface area contributed by atoms with Crippen LogP contribution in [0.1, 0.15) is 27.8 Å². The van der Waals surface area contributed by atoms with Crippen molar-refractivity contribution in [3.63, 3.8) is 0 Å². The number of carbonyl (C=O) groups is 2. The van der Waals surface area contributed by atoms with Crippen molar-refractivity contribution in [2.75, 3.05) is 11.3 Å². The first kappa shape index (κ1) is 20.9. The Morgan fingerprint density at radius 1 is 0.967 bits per heavy atom. The lowest BCUT2D eigenvalue weighted by Crippen LogP contribution is -2.41. The summed E-state index contributed by atoms with van der Waals surface area (Å²) in [6.45, 7) is 2.31. The molecule has 2 amide bonds. The Balaban J connectivity index is 1.60. The molecule has 0 radical (unpaired) electrons. The predicted molar refractivity (Wildman–Crippen MR) is 106 cm³/mol. The normalized spacial score (nSPS) is 10.8. The largest absolute Gasteiger partial charge is 0.494 e. The van der Waals surface area contributed by atoms with E-state index in [-0.39, 0.29) is 21.8 Å². The van der Waals surface area contributed by atoms with Gasteiger partial charge in [0.05, 0.1) is 11.5 Å². The van der Waals surface area contributed by atoms with Crippen LogP contribution in [0.25, 0.3) is 0 Å². The number of ether oxygens (including phenoxy) is 1. The van der Waals surface area contributed by atoms with Gasteiger partial charge in [0.15, 0.2) is 5.69 Å². The van der Waals surface area contributed by atoms with Crippen LogP contribution < -0.4 is 20.3 Å². The number of aromatic nitrogens is 1. The maximum atomic E-state index is 12.5. The van der Waals surface area contributed by atoms with E-state index >= 15 is 0 Å². The van der Waals surface area contributed by atoms with Crippen LogP contribution in [0.4, 0.5) is 5.69 Å². The Kier molecular flexibility index (Phi) is 6.32. The first-order chi connectivity index (χ1) is 14.4. The van der Waals surface area contributed by atoms with Crippen molar-refractivity contribution >= 4 is 27.5 Å². The molecule has 0 aliphatic rings. The van der Waals surface area contributed by atoms with E-state index in [1.54, 1.807) is 12.1 Å². The summed E-state index contributed by atoms with van der Waals surface area (Å²) in [6, 6.07) is 13.0. The van der Waals surface area contributed by atoms with Gasteiger partial charge in [0.2, 0.25) is 0 Å². The lowest BCUT2D eigenvalue weighted by atomic mass is 10.2. The Labute approximate surface area is 172 Å². The van der Waals surface area contributed by atoms with Crippen LogP contribution in [-0.4, -0.2) is 32.0 Å². The number of hydrogen-bond acceptors (Lipinski definition) is 7. The summed E-state index contributed by atoms with van der Waals surface area (Å²) in [4.78, 5) is 23.9. The van der Waals surface area contributed by atoms with Crippen LogP contribution in [0.2, 0.25) is 0 Å². The minimum absolute atomic E-state index is 0.00865. The van der Waals surface area contributed by atoms with Crippen LogP contribution in [0.3, 0.4) is 0 Å². The first-order valence-electron chi connectivity index (χ1n) is 8.76. The second kappa shape index (κ2) is 9.09. The summed E-state index contributed by atoms with van der Waals surface area (Å²) in [5, 5.41) is 3.44. The quantitative estimate of drug-likeness (QED) is 0.487. The van der Waals surface area contributed by atoms with Gasteiger partial charge in [0.1, 0.15) is 12.0 Å². The highest BCUT2D eigenvalue weighted by Crippen LogP contribution is 2.19. The first-order valence-corrected chi connectivity index (χ1v) is 10.2. The lowest BCUT2D eigenvalue weighted by Gasteiger charge is -2.10. The van der Waals surface area contributed by atoms with Gasteiger partial charge >= 0.3 is 0 Å². The minimum atomic E-state index is -3.80. The SMILES string of the molecule is CCOc1ccc(S(=O)(=O)Nc2ccc(C(=O)NNC(=O)c3ccon3)cc2)cc1. The van der Waals surface area contributed by atoms with Gasteiger partial charge in [0, 0.05) is 17.3 Å². The van der Waals surface area contributed by atoms with Crippen molar-refractivity contribution in [2.24, 2.45) is 0 Å². The van der Waals surface area contributed by atoms with Crippen molar-refractivity contribution < 1.29 is 27.3 Å². The molecule has 0 saturated carbocycles. The molecule has 0 spiro atoms. The molecule has 10 nitrogen and oxygen atoms in total. The molecule has 156 valence electrons. The standard InChI is InChI=1S/C19H18N4O6S/c1-2-28-15-7-9-16(10-8-15)30(26,27)23-14-5-3-13(4-6-14)18(24)20-21-19(25)17-11-12-29-22-17/h3-12,23H,2H2,1H3,(H,20,24)(H,21,25). The number of carbonyl (C=O) groups excluding carboxylic acids is 2.